The third-order valence-electron chi connectivity index (χ3n) is 9.70. The summed E-state index contributed by atoms with van der Waals surface area (Å²) in [7, 11) is 0. The van der Waals surface area contributed by atoms with Crippen LogP contribution >= 0.6 is 0 Å². The summed E-state index contributed by atoms with van der Waals surface area (Å²) in [6.45, 7) is 11.4. The highest BCUT2D eigenvalue weighted by molar-refractivity contribution is 5.93. The fourth-order valence-electron chi connectivity index (χ4n) is 7.17. The Balaban J connectivity index is 1.24. The van der Waals surface area contributed by atoms with Crippen LogP contribution in [0, 0.1) is 18.3 Å². The minimum Gasteiger partial charge on any atom is -0.465 e. The van der Waals surface area contributed by atoms with Crippen LogP contribution in [-0.2, 0) is 13.0 Å². The molecule has 3 heterocycles. The van der Waals surface area contributed by atoms with Crippen molar-refractivity contribution in [2.45, 2.75) is 78.1 Å². The molecule has 2 unspecified atom stereocenters. The number of hydrogen-bond acceptors (Lipinski definition) is 4. The van der Waals surface area contributed by atoms with Gasteiger partial charge in [-0.05, 0) is 79.9 Å². The summed E-state index contributed by atoms with van der Waals surface area (Å²) >= 11 is 0. The molecule has 2 aromatic carbocycles. The number of aromatic nitrogens is 1. The average molecular weight is 593 g/mol. The van der Waals surface area contributed by atoms with Gasteiger partial charge in [-0.1, -0.05) is 51.1 Å². The predicted octanol–water partition coefficient (Wildman–Crippen LogP) is 6.27. The number of hydroxylamine groups is 1. The number of piperidine rings is 2. The molecule has 3 N–H and O–H groups in total. The minimum atomic E-state index is -1.38. The summed E-state index contributed by atoms with van der Waals surface area (Å²) < 4.78 is 18.6. The normalized spacial score (nSPS) is 22.2. The van der Waals surface area contributed by atoms with E-state index >= 15 is 4.39 Å². The number of carbonyl (C=O) groups excluding carboxylic acids is 1. The Hall–Kier alpha value is -3.43. The SMILES string of the molecule is Cc1c(Cc2ccc(C(=O)NO)cc2)c2ccccc2n1CC1CCN(CC2(F)CCN(C(=O)O)C(C(C)(C)C)C2)CC1. The third-order valence-corrected chi connectivity index (χ3v) is 9.70. The summed E-state index contributed by atoms with van der Waals surface area (Å²) in [4.78, 5) is 27.2. The Morgan fingerprint density at radius 3 is 2.35 bits per heavy atom. The van der Waals surface area contributed by atoms with Gasteiger partial charge >= 0.3 is 6.09 Å². The van der Waals surface area contributed by atoms with Crippen molar-refractivity contribution in [2.75, 3.05) is 26.2 Å². The van der Waals surface area contributed by atoms with E-state index in [4.69, 9.17) is 5.21 Å². The molecule has 0 aliphatic carbocycles. The Kier molecular flexibility index (Phi) is 8.86. The number of carbonyl (C=O) groups is 2. The maximum absolute atomic E-state index is 16.2. The van der Waals surface area contributed by atoms with E-state index in [1.165, 1.54) is 27.1 Å². The van der Waals surface area contributed by atoms with Crippen molar-refractivity contribution < 1.29 is 24.3 Å². The number of carboxylic acid groups (broad SMARTS) is 1. The van der Waals surface area contributed by atoms with Crippen LogP contribution < -0.4 is 5.48 Å². The van der Waals surface area contributed by atoms with Crippen LogP contribution in [0.3, 0.4) is 0 Å². The largest absolute Gasteiger partial charge is 0.465 e. The molecule has 0 spiro atoms. The first kappa shape index (κ1) is 31.0. The highest BCUT2D eigenvalue weighted by Crippen LogP contribution is 2.40. The number of fused-ring (bicyclic) bond motifs is 1. The zero-order chi connectivity index (χ0) is 30.9. The number of alkyl halides is 1. The molecule has 232 valence electrons. The zero-order valence-corrected chi connectivity index (χ0v) is 25.8. The van der Waals surface area contributed by atoms with Gasteiger partial charge in [0.2, 0.25) is 0 Å². The number of likely N-dealkylation sites (tertiary alicyclic amines) is 2. The van der Waals surface area contributed by atoms with E-state index in [-0.39, 0.29) is 30.8 Å². The first-order valence-electron chi connectivity index (χ1n) is 15.4. The second kappa shape index (κ2) is 12.3. The highest BCUT2D eigenvalue weighted by Gasteiger charge is 2.47. The molecular formula is C34H45FN4O4. The molecule has 0 bridgehead atoms. The van der Waals surface area contributed by atoms with Gasteiger partial charge in [-0.15, -0.1) is 0 Å². The Bertz CT molecular complexity index is 1460. The quantitative estimate of drug-likeness (QED) is 0.222. The number of nitrogens with one attached hydrogen (secondary N) is 1. The van der Waals surface area contributed by atoms with Crippen molar-refractivity contribution in [3.8, 4) is 0 Å². The van der Waals surface area contributed by atoms with Crippen molar-refractivity contribution in [2.24, 2.45) is 11.3 Å². The first-order chi connectivity index (χ1) is 20.4. The average Bonchev–Trinajstić information content (AvgIpc) is 3.23. The molecule has 0 radical (unpaired) electrons. The van der Waals surface area contributed by atoms with Crippen LogP contribution in [0.2, 0.25) is 0 Å². The van der Waals surface area contributed by atoms with E-state index < -0.39 is 17.7 Å². The number of benzene rings is 2. The second-order valence-corrected chi connectivity index (χ2v) is 13.7. The summed E-state index contributed by atoms with van der Waals surface area (Å²) in [6.07, 6.45) is 2.28. The van der Waals surface area contributed by atoms with Crippen LogP contribution in [0.5, 0.6) is 0 Å². The van der Waals surface area contributed by atoms with Crippen molar-refractivity contribution in [3.05, 3.63) is 70.9 Å². The Labute approximate surface area is 253 Å². The summed E-state index contributed by atoms with van der Waals surface area (Å²) in [5, 5.41) is 19.8. The summed E-state index contributed by atoms with van der Waals surface area (Å²) in [5.41, 5.74) is 5.21. The molecule has 2 aliphatic heterocycles. The molecule has 2 amide bonds. The lowest BCUT2D eigenvalue weighted by Crippen LogP contribution is -2.58. The van der Waals surface area contributed by atoms with Crippen molar-refractivity contribution in [1.82, 2.24) is 19.8 Å². The molecular weight excluding hydrogens is 547 g/mol. The van der Waals surface area contributed by atoms with Gasteiger partial charge in [-0.25, -0.2) is 14.7 Å². The van der Waals surface area contributed by atoms with Gasteiger partial charge in [0.25, 0.3) is 5.91 Å². The number of amides is 2. The van der Waals surface area contributed by atoms with E-state index in [2.05, 4.69) is 40.7 Å². The maximum Gasteiger partial charge on any atom is 0.407 e. The Morgan fingerprint density at radius 2 is 1.72 bits per heavy atom. The van der Waals surface area contributed by atoms with Gasteiger partial charge < -0.3 is 19.5 Å². The fraction of sp³-hybridized carbons (Fsp3) is 0.529. The number of rotatable bonds is 7. The van der Waals surface area contributed by atoms with Gasteiger partial charge in [0.05, 0.1) is 0 Å². The van der Waals surface area contributed by atoms with Crippen LogP contribution in [0.25, 0.3) is 10.9 Å². The van der Waals surface area contributed by atoms with Crippen LogP contribution in [0.15, 0.2) is 48.5 Å². The van der Waals surface area contributed by atoms with Crippen molar-refractivity contribution in [3.63, 3.8) is 0 Å². The molecule has 2 fully saturated rings. The van der Waals surface area contributed by atoms with Gasteiger partial charge in [0, 0.05) is 60.7 Å². The minimum absolute atomic E-state index is 0.245. The zero-order valence-electron chi connectivity index (χ0n) is 25.8. The van der Waals surface area contributed by atoms with Gasteiger partial charge in [0.1, 0.15) is 5.67 Å². The van der Waals surface area contributed by atoms with Gasteiger partial charge in [-0.2, -0.15) is 0 Å². The standard InChI is InChI=1S/C34H45FN4O4/c1-23-28(19-24-9-11-26(12-10-24)31(40)36-43)27-7-5-6-8-29(27)39(23)21-25-13-16-37(17-14-25)22-34(35)15-18-38(32(41)42)30(20-34)33(2,3)4/h5-12,25,30,43H,13-22H2,1-4H3,(H,36,40)(H,41,42). The van der Waals surface area contributed by atoms with Gasteiger partial charge in [-0.3, -0.25) is 10.0 Å². The maximum atomic E-state index is 16.2. The molecule has 9 heteroatoms. The fourth-order valence-corrected chi connectivity index (χ4v) is 7.17. The van der Waals surface area contributed by atoms with Crippen LogP contribution in [0.4, 0.5) is 9.18 Å². The predicted molar refractivity (Wildman–Crippen MR) is 165 cm³/mol. The lowest BCUT2D eigenvalue weighted by molar-refractivity contribution is -0.0350. The number of hydrogen-bond donors (Lipinski definition) is 3. The summed E-state index contributed by atoms with van der Waals surface area (Å²) in [6, 6.07) is 15.5. The third kappa shape index (κ3) is 6.73. The highest BCUT2D eigenvalue weighted by atomic mass is 19.1. The number of halogens is 1. The topological polar surface area (TPSA) is 98.0 Å². The Morgan fingerprint density at radius 1 is 1.05 bits per heavy atom. The van der Waals surface area contributed by atoms with Crippen molar-refractivity contribution >= 4 is 22.9 Å². The lowest BCUT2D eigenvalue weighted by Gasteiger charge is -2.48. The summed E-state index contributed by atoms with van der Waals surface area (Å²) in [5.74, 6) is -0.0358. The van der Waals surface area contributed by atoms with E-state index in [0.29, 0.717) is 18.0 Å². The lowest BCUT2D eigenvalue weighted by atomic mass is 9.75. The molecule has 43 heavy (non-hydrogen) atoms. The van der Waals surface area contributed by atoms with E-state index in [1.807, 2.05) is 32.9 Å². The second-order valence-electron chi connectivity index (χ2n) is 13.7. The molecule has 2 aliphatic rings. The first-order valence-corrected chi connectivity index (χ1v) is 15.4. The van der Waals surface area contributed by atoms with Gasteiger partial charge in [0.15, 0.2) is 0 Å². The molecule has 2 saturated heterocycles. The van der Waals surface area contributed by atoms with E-state index in [1.54, 1.807) is 17.6 Å². The van der Waals surface area contributed by atoms with E-state index in [0.717, 1.165) is 44.5 Å². The number of para-hydroxylation sites is 1. The number of nitrogens with zero attached hydrogens (tertiary/aromatic N) is 3. The molecule has 2 atom stereocenters. The smallest absolute Gasteiger partial charge is 0.407 e. The molecule has 3 aromatic rings. The molecule has 0 saturated carbocycles. The monoisotopic (exact) mass is 592 g/mol. The molecule has 5 rings (SSSR count). The van der Waals surface area contributed by atoms with E-state index in [9.17, 15) is 14.7 Å². The van der Waals surface area contributed by atoms with Crippen molar-refractivity contribution in [1.29, 1.82) is 0 Å². The molecule has 1 aromatic heterocycles. The van der Waals surface area contributed by atoms with Crippen LogP contribution in [0.1, 0.15) is 73.6 Å². The molecule has 8 nitrogen and oxygen atoms in total. The van der Waals surface area contributed by atoms with Crippen LogP contribution in [-0.4, -0.2) is 74.6 Å².